The highest BCUT2D eigenvalue weighted by Gasteiger charge is 2.34. The predicted molar refractivity (Wildman–Crippen MR) is 46.7 cm³/mol. The standard InChI is InChI=1S/C9H9FN2O/c10-6-1-3-7(4-2-6)12-5-8(11)9(12)13/h1-4,8H,5,11H2/t8-/m1/s1. The fraction of sp³-hybridized carbons (Fsp3) is 0.222. The van der Waals surface area contributed by atoms with Crippen LogP contribution in [0.1, 0.15) is 0 Å². The summed E-state index contributed by atoms with van der Waals surface area (Å²) in [4.78, 5) is 12.7. The Kier molecular flexibility index (Phi) is 1.77. The summed E-state index contributed by atoms with van der Waals surface area (Å²) in [6.45, 7) is 0.518. The van der Waals surface area contributed by atoms with E-state index in [1.165, 1.54) is 17.0 Å². The van der Waals surface area contributed by atoms with Gasteiger partial charge in [0.1, 0.15) is 11.9 Å². The summed E-state index contributed by atoms with van der Waals surface area (Å²) in [6, 6.07) is 5.40. The lowest BCUT2D eigenvalue weighted by Gasteiger charge is -2.36. The number of β-lactam (4-membered cyclic amide) rings is 1. The quantitative estimate of drug-likeness (QED) is 0.640. The van der Waals surface area contributed by atoms with E-state index < -0.39 is 0 Å². The van der Waals surface area contributed by atoms with Crippen LogP contribution in [0.4, 0.5) is 10.1 Å². The molecule has 1 aromatic rings. The Morgan fingerprint density at radius 2 is 2.00 bits per heavy atom. The number of anilines is 1. The first-order valence-corrected chi connectivity index (χ1v) is 4.01. The maximum Gasteiger partial charge on any atom is 0.245 e. The molecule has 0 aliphatic carbocycles. The van der Waals surface area contributed by atoms with Gasteiger partial charge in [0.15, 0.2) is 0 Å². The maximum atomic E-state index is 12.5. The Hall–Kier alpha value is -1.42. The Morgan fingerprint density at radius 3 is 2.46 bits per heavy atom. The molecular formula is C9H9FN2O. The van der Waals surface area contributed by atoms with Crippen molar-refractivity contribution in [3.63, 3.8) is 0 Å². The van der Waals surface area contributed by atoms with Gasteiger partial charge in [-0.2, -0.15) is 0 Å². The first kappa shape index (κ1) is 8.19. The molecule has 0 saturated carbocycles. The number of carbonyl (C=O) groups excluding carboxylic acids is 1. The molecule has 2 rings (SSSR count). The largest absolute Gasteiger partial charge is 0.318 e. The zero-order chi connectivity index (χ0) is 9.42. The number of halogens is 1. The molecule has 2 N–H and O–H groups in total. The minimum absolute atomic E-state index is 0.105. The van der Waals surface area contributed by atoms with Crippen molar-refractivity contribution >= 4 is 11.6 Å². The molecule has 1 aliphatic rings. The molecule has 0 radical (unpaired) electrons. The normalized spacial score (nSPS) is 21.5. The fourth-order valence-corrected chi connectivity index (χ4v) is 1.31. The van der Waals surface area contributed by atoms with E-state index in [9.17, 15) is 9.18 Å². The van der Waals surface area contributed by atoms with Gasteiger partial charge in [-0.25, -0.2) is 4.39 Å². The number of hydrogen-bond acceptors (Lipinski definition) is 2. The minimum atomic E-state index is -0.384. The van der Waals surface area contributed by atoms with Crippen LogP contribution in [0.5, 0.6) is 0 Å². The van der Waals surface area contributed by atoms with Crippen molar-refractivity contribution in [2.45, 2.75) is 6.04 Å². The van der Waals surface area contributed by atoms with Crippen molar-refractivity contribution in [1.82, 2.24) is 0 Å². The van der Waals surface area contributed by atoms with Crippen LogP contribution in [-0.4, -0.2) is 18.5 Å². The van der Waals surface area contributed by atoms with Gasteiger partial charge in [0.25, 0.3) is 0 Å². The van der Waals surface area contributed by atoms with E-state index in [1.54, 1.807) is 12.1 Å². The van der Waals surface area contributed by atoms with Crippen LogP contribution in [0.15, 0.2) is 24.3 Å². The summed E-state index contributed by atoms with van der Waals surface area (Å²) in [6.07, 6.45) is 0. The maximum absolute atomic E-state index is 12.5. The van der Waals surface area contributed by atoms with E-state index in [-0.39, 0.29) is 17.8 Å². The van der Waals surface area contributed by atoms with Crippen LogP contribution in [0.3, 0.4) is 0 Å². The average molecular weight is 180 g/mol. The third kappa shape index (κ3) is 1.29. The molecule has 1 aliphatic heterocycles. The van der Waals surface area contributed by atoms with Crippen LogP contribution in [0.25, 0.3) is 0 Å². The van der Waals surface area contributed by atoms with Crippen molar-refractivity contribution in [3.05, 3.63) is 30.1 Å². The third-order valence-electron chi connectivity index (χ3n) is 2.10. The molecule has 13 heavy (non-hydrogen) atoms. The number of hydrogen-bond donors (Lipinski definition) is 1. The molecule has 3 nitrogen and oxygen atoms in total. The van der Waals surface area contributed by atoms with E-state index in [0.29, 0.717) is 12.2 Å². The molecular weight excluding hydrogens is 171 g/mol. The van der Waals surface area contributed by atoms with Gasteiger partial charge >= 0.3 is 0 Å². The summed E-state index contributed by atoms with van der Waals surface area (Å²) in [5.41, 5.74) is 6.12. The van der Waals surface area contributed by atoms with Gasteiger partial charge in [0.2, 0.25) is 5.91 Å². The molecule has 4 heteroatoms. The van der Waals surface area contributed by atoms with Crippen molar-refractivity contribution in [1.29, 1.82) is 0 Å². The molecule has 0 spiro atoms. The number of carbonyl (C=O) groups is 1. The van der Waals surface area contributed by atoms with Crippen molar-refractivity contribution in [2.75, 3.05) is 11.4 Å². The number of nitrogens with zero attached hydrogens (tertiary/aromatic N) is 1. The Morgan fingerprint density at radius 1 is 1.38 bits per heavy atom. The molecule has 0 unspecified atom stereocenters. The number of nitrogens with two attached hydrogens (primary N) is 1. The lowest BCUT2D eigenvalue weighted by Crippen LogP contribution is -2.61. The van der Waals surface area contributed by atoms with Gasteiger partial charge in [-0.1, -0.05) is 0 Å². The first-order valence-electron chi connectivity index (χ1n) is 4.01. The van der Waals surface area contributed by atoms with Crippen LogP contribution >= 0.6 is 0 Å². The molecule has 1 fully saturated rings. The topological polar surface area (TPSA) is 46.3 Å². The zero-order valence-corrected chi connectivity index (χ0v) is 6.90. The molecule has 1 heterocycles. The zero-order valence-electron chi connectivity index (χ0n) is 6.90. The average Bonchev–Trinajstić information content (AvgIpc) is 2.15. The summed E-state index contributed by atoms with van der Waals surface area (Å²) < 4.78 is 12.5. The number of rotatable bonds is 1. The van der Waals surface area contributed by atoms with Gasteiger partial charge < -0.3 is 10.6 Å². The monoisotopic (exact) mass is 180 g/mol. The SMILES string of the molecule is N[C@@H]1CN(c2ccc(F)cc2)C1=O. The molecule has 68 valence electrons. The lowest BCUT2D eigenvalue weighted by molar-refractivity contribution is -0.123. The second-order valence-electron chi connectivity index (χ2n) is 3.03. The first-order chi connectivity index (χ1) is 6.18. The van der Waals surface area contributed by atoms with Crippen LogP contribution in [-0.2, 0) is 4.79 Å². The highest BCUT2D eigenvalue weighted by atomic mass is 19.1. The van der Waals surface area contributed by atoms with Gasteiger partial charge in [-0.05, 0) is 24.3 Å². The fourth-order valence-electron chi connectivity index (χ4n) is 1.31. The Bertz CT molecular complexity index is 336. The van der Waals surface area contributed by atoms with E-state index in [4.69, 9.17) is 5.73 Å². The van der Waals surface area contributed by atoms with Gasteiger partial charge in [0, 0.05) is 5.69 Å². The van der Waals surface area contributed by atoms with Crippen LogP contribution in [0.2, 0.25) is 0 Å². The smallest absolute Gasteiger partial charge is 0.245 e. The Labute approximate surface area is 74.9 Å². The lowest BCUT2D eigenvalue weighted by atomic mass is 10.1. The summed E-state index contributed by atoms with van der Waals surface area (Å²) in [7, 11) is 0. The summed E-state index contributed by atoms with van der Waals surface area (Å²) >= 11 is 0. The molecule has 0 aromatic heterocycles. The number of benzene rings is 1. The molecule has 1 saturated heterocycles. The summed E-state index contributed by atoms with van der Waals surface area (Å²) in [5, 5.41) is 0. The number of amides is 1. The third-order valence-corrected chi connectivity index (χ3v) is 2.10. The van der Waals surface area contributed by atoms with Crippen molar-refractivity contribution in [3.8, 4) is 0 Å². The predicted octanol–water partition coefficient (Wildman–Crippen LogP) is 0.500. The molecule has 0 bridgehead atoms. The van der Waals surface area contributed by atoms with E-state index in [0.717, 1.165) is 0 Å². The highest BCUT2D eigenvalue weighted by molar-refractivity contribution is 6.03. The second kappa shape index (κ2) is 2.81. The van der Waals surface area contributed by atoms with E-state index >= 15 is 0 Å². The van der Waals surface area contributed by atoms with Crippen LogP contribution in [0, 0.1) is 5.82 Å². The van der Waals surface area contributed by atoms with Crippen molar-refractivity contribution < 1.29 is 9.18 Å². The Balaban J connectivity index is 2.19. The molecule has 1 atom stereocenters. The molecule has 1 aromatic carbocycles. The van der Waals surface area contributed by atoms with Gasteiger partial charge in [-0.15, -0.1) is 0 Å². The van der Waals surface area contributed by atoms with Crippen molar-refractivity contribution in [2.24, 2.45) is 5.73 Å². The minimum Gasteiger partial charge on any atom is -0.318 e. The summed E-state index contributed by atoms with van der Waals surface area (Å²) in [5.74, 6) is -0.410. The molecule has 1 amide bonds. The van der Waals surface area contributed by atoms with Gasteiger partial charge in [-0.3, -0.25) is 4.79 Å². The van der Waals surface area contributed by atoms with E-state index in [1.807, 2.05) is 0 Å². The van der Waals surface area contributed by atoms with Crippen LogP contribution < -0.4 is 10.6 Å². The van der Waals surface area contributed by atoms with E-state index in [2.05, 4.69) is 0 Å². The van der Waals surface area contributed by atoms with Gasteiger partial charge in [0.05, 0.1) is 6.54 Å². The second-order valence-corrected chi connectivity index (χ2v) is 3.03. The highest BCUT2D eigenvalue weighted by Crippen LogP contribution is 2.20.